The quantitative estimate of drug-likeness (QED) is 0.723. The largest absolute Gasteiger partial charge is 0.497 e. The third kappa shape index (κ3) is 1.25. The van der Waals surface area contributed by atoms with Crippen molar-refractivity contribution in [2.24, 2.45) is 0 Å². The molecule has 2 N–H and O–H groups in total. The van der Waals surface area contributed by atoms with Crippen molar-refractivity contribution in [1.82, 2.24) is 9.97 Å². The molecule has 68 valence electrons. The number of nitrogens with zero attached hydrogens (tertiary/aromatic N) is 1. The van der Waals surface area contributed by atoms with Crippen LogP contribution in [0.15, 0.2) is 18.5 Å². The highest BCUT2D eigenvalue weighted by molar-refractivity contribution is 5.79. The summed E-state index contributed by atoms with van der Waals surface area (Å²) >= 11 is 0. The number of aromatic amines is 1. The van der Waals surface area contributed by atoms with Crippen molar-refractivity contribution in [3.05, 3.63) is 24.0 Å². The first-order valence-corrected chi connectivity index (χ1v) is 3.96. The van der Waals surface area contributed by atoms with Crippen LogP contribution >= 0.6 is 0 Å². The molecule has 1 aromatic carbocycles. The molecule has 0 spiro atoms. The molecule has 0 aliphatic carbocycles. The average molecular weight is 178 g/mol. The fourth-order valence-corrected chi connectivity index (χ4v) is 1.33. The molecule has 2 aromatic rings. The lowest BCUT2D eigenvalue weighted by atomic mass is 10.2. The van der Waals surface area contributed by atoms with E-state index in [0.29, 0.717) is 0 Å². The van der Waals surface area contributed by atoms with Gasteiger partial charge in [0.05, 0.1) is 31.1 Å². The molecule has 0 saturated heterocycles. The van der Waals surface area contributed by atoms with Gasteiger partial charge in [0, 0.05) is 11.6 Å². The molecule has 0 radical (unpaired) electrons. The molecule has 4 nitrogen and oxygen atoms in total. The van der Waals surface area contributed by atoms with Crippen molar-refractivity contribution in [2.75, 3.05) is 7.11 Å². The number of aromatic nitrogens is 2. The maximum atomic E-state index is 9.06. The van der Waals surface area contributed by atoms with Crippen molar-refractivity contribution in [1.29, 1.82) is 0 Å². The van der Waals surface area contributed by atoms with Gasteiger partial charge in [-0.2, -0.15) is 0 Å². The van der Waals surface area contributed by atoms with Gasteiger partial charge in [0.2, 0.25) is 0 Å². The summed E-state index contributed by atoms with van der Waals surface area (Å²) in [6.45, 7) is -0.0292. The Morgan fingerprint density at radius 2 is 2.38 bits per heavy atom. The van der Waals surface area contributed by atoms with Crippen LogP contribution in [0.4, 0.5) is 0 Å². The zero-order chi connectivity index (χ0) is 9.26. The highest BCUT2D eigenvalue weighted by atomic mass is 16.5. The summed E-state index contributed by atoms with van der Waals surface area (Å²) < 4.78 is 5.08. The van der Waals surface area contributed by atoms with E-state index in [-0.39, 0.29) is 6.61 Å². The summed E-state index contributed by atoms with van der Waals surface area (Å²) in [7, 11) is 1.60. The maximum Gasteiger partial charge on any atom is 0.121 e. The fourth-order valence-electron chi connectivity index (χ4n) is 1.33. The predicted octanol–water partition coefficient (Wildman–Crippen LogP) is 1.06. The summed E-state index contributed by atoms with van der Waals surface area (Å²) in [5.74, 6) is 0.723. The Morgan fingerprint density at radius 3 is 3.08 bits per heavy atom. The van der Waals surface area contributed by atoms with Gasteiger partial charge in [-0.05, 0) is 6.07 Å². The fraction of sp³-hybridized carbons (Fsp3) is 0.222. The molecule has 1 aromatic heterocycles. The van der Waals surface area contributed by atoms with Gasteiger partial charge in [0.25, 0.3) is 0 Å². The number of H-pyrrole nitrogens is 1. The Labute approximate surface area is 75.2 Å². The van der Waals surface area contributed by atoms with E-state index in [0.717, 1.165) is 22.3 Å². The lowest BCUT2D eigenvalue weighted by Gasteiger charge is -2.02. The molecule has 0 saturated carbocycles. The number of fused-ring (bicyclic) bond motifs is 1. The lowest BCUT2D eigenvalue weighted by molar-refractivity contribution is 0.282. The van der Waals surface area contributed by atoms with Crippen LogP contribution in [0, 0.1) is 0 Å². The first-order chi connectivity index (χ1) is 6.35. The van der Waals surface area contributed by atoms with Crippen LogP contribution in [0.2, 0.25) is 0 Å². The molecule has 2 rings (SSSR count). The van der Waals surface area contributed by atoms with Gasteiger partial charge in [-0.1, -0.05) is 0 Å². The first kappa shape index (κ1) is 8.07. The second kappa shape index (κ2) is 3.06. The minimum atomic E-state index is -0.0292. The van der Waals surface area contributed by atoms with E-state index in [1.807, 2.05) is 6.07 Å². The van der Waals surface area contributed by atoms with Gasteiger partial charge < -0.3 is 14.8 Å². The molecule has 4 heteroatoms. The molecule has 1 heterocycles. The van der Waals surface area contributed by atoms with Crippen LogP contribution in [0.1, 0.15) is 5.56 Å². The van der Waals surface area contributed by atoms with Gasteiger partial charge in [0.1, 0.15) is 5.75 Å². The number of nitrogens with one attached hydrogen (secondary N) is 1. The van der Waals surface area contributed by atoms with Crippen molar-refractivity contribution in [3.63, 3.8) is 0 Å². The van der Waals surface area contributed by atoms with E-state index in [1.165, 1.54) is 0 Å². The molecule has 0 atom stereocenters. The maximum absolute atomic E-state index is 9.06. The van der Waals surface area contributed by atoms with E-state index in [2.05, 4.69) is 9.97 Å². The van der Waals surface area contributed by atoms with Gasteiger partial charge in [-0.3, -0.25) is 0 Å². The second-order valence-electron chi connectivity index (χ2n) is 2.74. The molecule has 0 unspecified atom stereocenters. The van der Waals surface area contributed by atoms with Crippen molar-refractivity contribution in [3.8, 4) is 5.75 Å². The number of hydrogen-bond donors (Lipinski definition) is 2. The zero-order valence-electron chi connectivity index (χ0n) is 7.24. The highest BCUT2D eigenvalue weighted by Crippen LogP contribution is 2.22. The summed E-state index contributed by atoms with van der Waals surface area (Å²) in [6.07, 6.45) is 1.60. The number of ether oxygens (including phenoxy) is 1. The van der Waals surface area contributed by atoms with Crippen LogP contribution in [0.5, 0.6) is 5.75 Å². The topological polar surface area (TPSA) is 58.1 Å². The molecule has 0 aliphatic rings. The van der Waals surface area contributed by atoms with E-state index in [4.69, 9.17) is 9.84 Å². The minimum Gasteiger partial charge on any atom is -0.497 e. The van der Waals surface area contributed by atoms with Crippen LogP contribution in [-0.4, -0.2) is 22.2 Å². The SMILES string of the molecule is COc1cc(CO)c2nc[nH]c2c1. The Balaban J connectivity index is 2.70. The number of methoxy groups -OCH3 is 1. The molecule has 0 amide bonds. The van der Waals surface area contributed by atoms with Crippen molar-refractivity contribution >= 4 is 11.0 Å². The zero-order valence-corrected chi connectivity index (χ0v) is 7.24. The summed E-state index contributed by atoms with van der Waals surface area (Å²) in [5, 5.41) is 9.06. The van der Waals surface area contributed by atoms with Crippen LogP contribution in [0.25, 0.3) is 11.0 Å². The molecular weight excluding hydrogens is 168 g/mol. The third-order valence-electron chi connectivity index (χ3n) is 1.98. The Morgan fingerprint density at radius 1 is 1.54 bits per heavy atom. The van der Waals surface area contributed by atoms with Crippen molar-refractivity contribution < 1.29 is 9.84 Å². The van der Waals surface area contributed by atoms with E-state index < -0.39 is 0 Å². The Bertz CT molecular complexity index is 422. The number of aliphatic hydroxyl groups is 1. The minimum absolute atomic E-state index is 0.0292. The standard InChI is InChI=1S/C9H10N2O2/c1-13-7-2-6(4-12)9-8(3-7)10-5-11-9/h2-3,5,12H,4H2,1H3,(H,10,11). The number of imidazole rings is 1. The number of aliphatic hydroxyl groups excluding tert-OH is 1. The summed E-state index contributed by atoms with van der Waals surface area (Å²) in [5.41, 5.74) is 2.45. The molecular formula is C9H10N2O2. The van der Waals surface area contributed by atoms with Gasteiger partial charge in [0.15, 0.2) is 0 Å². The van der Waals surface area contributed by atoms with E-state index >= 15 is 0 Å². The van der Waals surface area contributed by atoms with Gasteiger partial charge >= 0.3 is 0 Å². The van der Waals surface area contributed by atoms with Crippen LogP contribution in [0.3, 0.4) is 0 Å². The molecule has 0 aliphatic heterocycles. The first-order valence-electron chi connectivity index (χ1n) is 3.96. The monoisotopic (exact) mass is 178 g/mol. The van der Waals surface area contributed by atoms with E-state index in [9.17, 15) is 0 Å². The molecule has 0 bridgehead atoms. The Hall–Kier alpha value is -1.55. The lowest BCUT2D eigenvalue weighted by Crippen LogP contribution is -1.89. The summed E-state index contributed by atoms with van der Waals surface area (Å²) in [6, 6.07) is 3.63. The predicted molar refractivity (Wildman–Crippen MR) is 48.6 cm³/mol. The van der Waals surface area contributed by atoms with Gasteiger partial charge in [-0.15, -0.1) is 0 Å². The normalized spacial score (nSPS) is 10.6. The van der Waals surface area contributed by atoms with Crippen molar-refractivity contribution in [2.45, 2.75) is 6.61 Å². The number of benzene rings is 1. The third-order valence-corrected chi connectivity index (χ3v) is 1.98. The summed E-state index contributed by atoms with van der Waals surface area (Å²) in [4.78, 5) is 7.06. The Kier molecular flexibility index (Phi) is 1.90. The average Bonchev–Trinajstić information content (AvgIpc) is 2.63. The van der Waals surface area contributed by atoms with E-state index in [1.54, 1.807) is 19.5 Å². The smallest absolute Gasteiger partial charge is 0.121 e. The molecule has 13 heavy (non-hydrogen) atoms. The molecule has 0 fully saturated rings. The number of hydrogen-bond acceptors (Lipinski definition) is 3. The second-order valence-corrected chi connectivity index (χ2v) is 2.74. The van der Waals surface area contributed by atoms with Crippen LogP contribution in [-0.2, 0) is 6.61 Å². The van der Waals surface area contributed by atoms with Crippen LogP contribution < -0.4 is 4.74 Å². The number of rotatable bonds is 2. The van der Waals surface area contributed by atoms with Gasteiger partial charge in [-0.25, -0.2) is 4.98 Å². The highest BCUT2D eigenvalue weighted by Gasteiger charge is 2.05.